The zero-order valence-corrected chi connectivity index (χ0v) is 10.4. The fourth-order valence-electron chi connectivity index (χ4n) is 1.65. The summed E-state index contributed by atoms with van der Waals surface area (Å²) < 4.78 is 12.7. The molecule has 5 nitrogen and oxygen atoms in total. The maximum atomic E-state index is 5.66. The van der Waals surface area contributed by atoms with E-state index in [0.717, 1.165) is 24.5 Å². The lowest BCUT2D eigenvalue weighted by atomic mass is 10.3. The quantitative estimate of drug-likeness (QED) is 0.792. The number of benzene rings is 1. The van der Waals surface area contributed by atoms with Gasteiger partial charge in [-0.2, -0.15) is 5.10 Å². The molecule has 0 spiro atoms. The van der Waals surface area contributed by atoms with Gasteiger partial charge < -0.3 is 15.2 Å². The Balaban J connectivity index is 1.78. The molecule has 5 heteroatoms. The fraction of sp³-hybridized carbons (Fsp3) is 0.308. The highest BCUT2D eigenvalue weighted by molar-refractivity contribution is 5.39. The maximum absolute atomic E-state index is 5.66. The van der Waals surface area contributed by atoms with Gasteiger partial charge in [-0.1, -0.05) is 12.1 Å². The second-order valence-corrected chi connectivity index (χ2v) is 3.86. The third-order valence-corrected chi connectivity index (χ3v) is 2.52. The number of ether oxygens (including phenoxy) is 2. The molecule has 0 saturated heterocycles. The average Bonchev–Trinajstić information content (AvgIpc) is 2.81. The lowest BCUT2D eigenvalue weighted by molar-refractivity contribution is 0.280. The second-order valence-electron chi connectivity index (χ2n) is 3.86. The largest absolute Gasteiger partial charge is 0.493 e. The molecule has 0 saturated carbocycles. The minimum absolute atomic E-state index is 0.542. The Morgan fingerprint density at radius 1 is 1.22 bits per heavy atom. The van der Waals surface area contributed by atoms with Crippen LogP contribution in [-0.2, 0) is 6.54 Å². The van der Waals surface area contributed by atoms with Crippen molar-refractivity contribution in [3.8, 4) is 11.5 Å². The van der Waals surface area contributed by atoms with Gasteiger partial charge in [-0.3, -0.25) is 4.68 Å². The molecule has 0 aliphatic rings. The standard InChI is InChI=1S/C13H17N3O2/c1-17-11-5-2-3-6-12(11)18-10-4-8-16-9-7-13(14)15-16/h2-3,5-7,9H,4,8,10H2,1H3,(H2,14,15). The lowest BCUT2D eigenvalue weighted by Crippen LogP contribution is -2.06. The van der Waals surface area contributed by atoms with Crippen molar-refractivity contribution in [1.29, 1.82) is 0 Å². The molecule has 0 aliphatic heterocycles. The molecule has 0 fully saturated rings. The summed E-state index contributed by atoms with van der Waals surface area (Å²) in [6.45, 7) is 1.40. The third kappa shape index (κ3) is 3.16. The van der Waals surface area contributed by atoms with Crippen molar-refractivity contribution in [2.75, 3.05) is 19.5 Å². The predicted molar refractivity (Wildman–Crippen MR) is 69.7 cm³/mol. The van der Waals surface area contributed by atoms with Crippen LogP contribution in [0.15, 0.2) is 36.5 Å². The van der Waals surface area contributed by atoms with Crippen LogP contribution in [0.2, 0.25) is 0 Å². The number of hydrogen-bond donors (Lipinski definition) is 1. The first-order valence-corrected chi connectivity index (χ1v) is 5.84. The Hall–Kier alpha value is -2.17. The zero-order valence-electron chi connectivity index (χ0n) is 10.4. The van der Waals surface area contributed by atoms with Gasteiger partial charge in [0.2, 0.25) is 0 Å². The molecule has 2 aromatic rings. The molecule has 18 heavy (non-hydrogen) atoms. The van der Waals surface area contributed by atoms with Crippen LogP contribution in [0.5, 0.6) is 11.5 Å². The van der Waals surface area contributed by atoms with E-state index in [1.54, 1.807) is 17.9 Å². The Labute approximate surface area is 106 Å². The van der Waals surface area contributed by atoms with Crippen LogP contribution in [0.3, 0.4) is 0 Å². The molecule has 2 N–H and O–H groups in total. The number of methoxy groups -OCH3 is 1. The molecule has 0 radical (unpaired) electrons. The predicted octanol–water partition coefficient (Wildman–Crippen LogP) is 1.94. The Morgan fingerprint density at radius 2 is 2.00 bits per heavy atom. The molecule has 0 atom stereocenters. The van der Waals surface area contributed by atoms with Gasteiger partial charge in [0.05, 0.1) is 13.7 Å². The second kappa shape index (κ2) is 5.95. The summed E-state index contributed by atoms with van der Waals surface area (Å²) in [5.41, 5.74) is 5.53. The SMILES string of the molecule is COc1ccccc1OCCCn1ccc(N)n1. The van der Waals surface area contributed by atoms with E-state index in [9.17, 15) is 0 Å². The van der Waals surface area contributed by atoms with Crippen LogP contribution >= 0.6 is 0 Å². The van der Waals surface area contributed by atoms with Crippen LogP contribution in [0.25, 0.3) is 0 Å². The molecule has 0 bridgehead atoms. The first kappa shape index (κ1) is 12.3. The van der Waals surface area contributed by atoms with Crippen molar-refractivity contribution in [3.63, 3.8) is 0 Å². The summed E-state index contributed by atoms with van der Waals surface area (Å²) in [5, 5.41) is 4.10. The molecular formula is C13H17N3O2. The number of aromatic nitrogens is 2. The number of hydrogen-bond acceptors (Lipinski definition) is 4. The highest BCUT2D eigenvalue weighted by Crippen LogP contribution is 2.25. The molecular weight excluding hydrogens is 230 g/mol. The average molecular weight is 247 g/mol. The number of nitrogens with two attached hydrogens (primary N) is 1. The Bertz CT molecular complexity index is 496. The minimum Gasteiger partial charge on any atom is -0.493 e. The van der Waals surface area contributed by atoms with E-state index in [0.29, 0.717) is 12.4 Å². The molecule has 0 amide bonds. The van der Waals surface area contributed by atoms with E-state index in [1.165, 1.54) is 0 Å². The van der Waals surface area contributed by atoms with Crippen LogP contribution in [0.4, 0.5) is 5.82 Å². The summed E-state index contributed by atoms with van der Waals surface area (Å²) in [7, 11) is 1.63. The van der Waals surface area contributed by atoms with Gasteiger partial charge in [0, 0.05) is 19.2 Å². The van der Waals surface area contributed by atoms with Gasteiger partial charge in [-0.25, -0.2) is 0 Å². The summed E-state index contributed by atoms with van der Waals surface area (Å²) >= 11 is 0. The monoisotopic (exact) mass is 247 g/mol. The van der Waals surface area contributed by atoms with E-state index in [1.807, 2.05) is 30.5 Å². The van der Waals surface area contributed by atoms with Gasteiger partial charge in [-0.15, -0.1) is 0 Å². The number of para-hydroxylation sites is 2. The Morgan fingerprint density at radius 3 is 2.67 bits per heavy atom. The van der Waals surface area contributed by atoms with Crippen molar-refractivity contribution in [1.82, 2.24) is 9.78 Å². The van der Waals surface area contributed by atoms with Crippen molar-refractivity contribution in [3.05, 3.63) is 36.5 Å². The van der Waals surface area contributed by atoms with Crippen molar-refractivity contribution in [2.45, 2.75) is 13.0 Å². The number of nitrogens with zero attached hydrogens (tertiary/aromatic N) is 2. The molecule has 96 valence electrons. The number of aryl methyl sites for hydroxylation is 1. The normalized spacial score (nSPS) is 10.3. The van der Waals surface area contributed by atoms with Crippen LogP contribution in [0.1, 0.15) is 6.42 Å². The molecule has 1 aromatic carbocycles. The lowest BCUT2D eigenvalue weighted by Gasteiger charge is -2.10. The van der Waals surface area contributed by atoms with E-state index < -0.39 is 0 Å². The van der Waals surface area contributed by atoms with Crippen molar-refractivity contribution < 1.29 is 9.47 Å². The zero-order chi connectivity index (χ0) is 12.8. The third-order valence-electron chi connectivity index (χ3n) is 2.52. The van der Waals surface area contributed by atoms with Crippen molar-refractivity contribution >= 4 is 5.82 Å². The van der Waals surface area contributed by atoms with Crippen LogP contribution < -0.4 is 15.2 Å². The fourth-order valence-corrected chi connectivity index (χ4v) is 1.65. The number of anilines is 1. The highest BCUT2D eigenvalue weighted by Gasteiger charge is 2.02. The van der Waals surface area contributed by atoms with Gasteiger partial charge >= 0.3 is 0 Å². The summed E-state index contributed by atoms with van der Waals surface area (Å²) in [5.74, 6) is 2.06. The minimum atomic E-state index is 0.542. The summed E-state index contributed by atoms with van der Waals surface area (Å²) in [4.78, 5) is 0. The number of rotatable bonds is 6. The van der Waals surface area contributed by atoms with E-state index >= 15 is 0 Å². The van der Waals surface area contributed by atoms with Crippen LogP contribution in [0, 0.1) is 0 Å². The summed E-state index contributed by atoms with van der Waals surface area (Å²) in [6, 6.07) is 9.39. The van der Waals surface area contributed by atoms with Crippen molar-refractivity contribution in [2.24, 2.45) is 0 Å². The topological polar surface area (TPSA) is 62.3 Å². The Kier molecular flexibility index (Phi) is 4.06. The molecule has 0 unspecified atom stereocenters. The van der Waals surface area contributed by atoms with E-state index in [2.05, 4.69) is 5.10 Å². The molecule has 1 heterocycles. The molecule has 1 aromatic heterocycles. The first-order valence-electron chi connectivity index (χ1n) is 5.84. The van der Waals surface area contributed by atoms with Crippen LogP contribution in [-0.4, -0.2) is 23.5 Å². The summed E-state index contributed by atoms with van der Waals surface area (Å²) in [6.07, 6.45) is 2.72. The smallest absolute Gasteiger partial charge is 0.161 e. The van der Waals surface area contributed by atoms with E-state index in [4.69, 9.17) is 15.2 Å². The van der Waals surface area contributed by atoms with Gasteiger partial charge in [-0.05, 0) is 18.2 Å². The van der Waals surface area contributed by atoms with E-state index in [-0.39, 0.29) is 0 Å². The highest BCUT2D eigenvalue weighted by atomic mass is 16.5. The molecule has 2 rings (SSSR count). The first-order chi connectivity index (χ1) is 8.79. The van der Waals surface area contributed by atoms with Gasteiger partial charge in [0.25, 0.3) is 0 Å². The van der Waals surface area contributed by atoms with Gasteiger partial charge in [0.1, 0.15) is 5.82 Å². The maximum Gasteiger partial charge on any atom is 0.161 e. The number of nitrogen functional groups attached to an aromatic ring is 1. The van der Waals surface area contributed by atoms with Gasteiger partial charge in [0.15, 0.2) is 11.5 Å². The molecule has 0 aliphatic carbocycles.